The fourth-order valence-corrected chi connectivity index (χ4v) is 2.79. The van der Waals surface area contributed by atoms with Crippen molar-refractivity contribution in [2.24, 2.45) is 5.92 Å². The predicted molar refractivity (Wildman–Crippen MR) is 85.4 cm³/mol. The van der Waals surface area contributed by atoms with E-state index in [0.717, 1.165) is 17.5 Å². The predicted octanol–water partition coefficient (Wildman–Crippen LogP) is 3.35. The topological polar surface area (TPSA) is 54.5 Å². The molecule has 1 aromatic rings. The SMILES string of the molecule is Cc1cc(S(=O)(=O)Cl)cc(C(=O)N(C)CCC(C)C)c1C. The molecule has 4 nitrogen and oxygen atoms in total. The summed E-state index contributed by atoms with van der Waals surface area (Å²) in [4.78, 5) is 14.1. The van der Waals surface area contributed by atoms with Crippen LogP contribution in [-0.4, -0.2) is 32.8 Å². The van der Waals surface area contributed by atoms with Crippen LogP contribution in [-0.2, 0) is 9.05 Å². The Morgan fingerprint density at radius 2 is 1.86 bits per heavy atom. The van der Waals surface area contributed by atoms with Gasteiger partial charge in [0.05, 0.1) is 4.90 Å². The molecule has 0 heterocycles. The van der Waals surface area contributed by atoms with Crippen molar-refractivity contribution in [3.05, 3.63) is 28.8 Å². The van der Waals surface area contributed by atoms with Crippen LogP contribution < -0.4 is 0 Å². The first-order valence-corrected chi connectivity index (χ1v) is 9.16. The van der Waals surface area contributed by atoms with Crippen molar-refractivity contribution < 1.29 is 13.2 Å². The van der Waals surface area contributed by atoms with Crippen molar-refractivity contribution in [1.82, 2.24) is 4.90 Å². The molecule has 0 saturated carbocycles. The highest BCUT2D eigenvalue weighted by molar-refractivity contribution is 8.13. The van der Waals surface area contributed by atoms with Crippen molar-refractivity contribution in [2.45, 2.75) is 39.0 Å². The Labute approximate surface area is 131 Å². The third-order valence-electron chi connectivity index (χ3n) is 3.54. The van der Waals surface area contributed by atoms with Crippen molar-refractivity contribution >= 4 is 25.6 Å². The third-order valence-corrected chi connectivity index (χ3v) is 4.87. The van der Waals surface area contributed by atoms with E-state index in [-0.39, 0.29) is 10.8 Å². The molecule has 1 rings (SSSR count). The molecule has 0 saturated heterocycles. The summed E-state index contributed by atoms with van der Waals surface area (Å²) in [7, 11) is 3.26. The first kappa shape index (κ1) is 18.0. The molecule has 0 bridgehead atoms. The molecule has 1 aromatic carbocycles. The number of hydrogen-bond acceptors (Lipinski definition) is 3. The van der Waals surface area contributed by atoms with Gasteiger partial charge in [-0.3, -0.25) is 4.79 Å². The normalized spacial score (nSPS) is 11.8. The molecule has 0 aromatic heterocycles. The average Bonchev–Trinajstić information content (AvgIpc) is 2.36. The number of halogens is 1. The molecular weight excluding hydrogens is 310 g/mol. The Morgan fingerprint density at radius 3 is 2.33 bits per heavy atom. The van der Waals surface area contributed by atoms with Crippen LogP contribution in [0.1, 0.15) is 41.8 Å². The number of carbonyl (C=O) groups excluding carboxylic acids is 1. The summed E-state index contributed by atoms with van der Waals surface area (Å²) >= 11 is 0. The van der Waals surface area contributed by atoms with Gasteiger partial charge >= 0.3 is 0 Å². The molecule has 0 atom stereocenters. The lowest BCUT2D eigenvalue weighted by molar-refractivity contribution is 0.0788. The van der Waals surface area contributed by atoms with Crippen LogP contribution in [0.25, 0.3) is 0 Å². The fourth-order valence-electron chi connectivity index (χ4n) is 1.95. The second-order valence-corrected chi connectivity index (χ2v) is 8.33. The number of amides is 1. The number of hydrogen-bond donors (Lipinski definition) is 0. The maximum atomic E-state index is 12.5. The number of nitrogens with zero attached hydrogens (tertiary/aromatic N) is 1. The zero-order chi connectivity index (χ0) is 16.4. The van der Waals surface area contributed by atoms with Crippen molar-refractivity contribution in [2.75, 3.05) is 13.6 Å². The second-order valence-electron chi connectivity index (χ2n) is 5.76. The van der Waals surface area contributed by atoms with Gasteiger partial charge in [0, 0.05) is 29.8 Å². The highest BCUT2D eigenvalue weighted by Crippen LogP contribution is 2.23. The van der Waals surface area contributed by atoms with Crippen LogP contribution >= 0.6 is 10.7 Å². The number of carbonyl (C=O) groups is 1. The summed E-state index contributed by atoms with van der Waals surface area (Å²) in [6, 6.07) is 2.85. The summed E-state index contributed by atoms with van der Waals surface area (Å²) in [5.74, 6) is 0.316. The van der Waals surface area contributed by atoms with Crippen LogP contribution in [0.2, 0.25) is 0 Å². The summed E-state index contributed by atoms with van der Waals surface area (Å²) in [6.07, 6.45) is 0.897. The van der Waals surface area contributed by atoms with E-state index in [1.165, 1.54) is 12.1 Å². The van der Waals surface area contributed by atoms with E-state index in [9.17, 15) is 13.2 Å². The monoisotopic (exact) mass is 331 g/mol. The Bertz CT molecular complexity index is 639. The maximum Gasteiger partial charge on any atom is 0.261 e. The van der Waals surface area contributed by atoms with E-state index in [0.29, 0.717) is 18.0 Å². The van der Waals surface area contributed by atoms with Gasteiger partial charge in [0.1, 0.15) is 0 Å². The van der Waals surface area contributed by atoms with Gasteiger partial charge in [-0.2, -0.15) is 0 Å². The Morgan fingerprint density at radius 1 is 1.29 bits per heavy atom. The first-order chi connectivity index (χ1) is 9.54. The number of benzene rings is 1. The third kappa shape index (κ3) is 4.71. The molecule has 0 unspecified atom stereocenters. The molecule has 0 aliphatic heterocycles. The van der Waals surface area contributed by atoms with Gasteiger partial charge < -0.3 is 4.90 Å². The molecule has 21 heavy (non-hydrogen) atoms. The van der Waals surface area contributed by atoms with Crippen LogP contribution in [0.3, 0.4) is 0 Å². The summed E-state index contributed by atoms with van der Waals surface area (Å²) in [5, 5.41) is 0. The summed E-state index contributed by atoms with van der Waals surface area (Å²) in [6.45, 7) is 8.39. The molecule has 118 valence electrons. The lowest BCUT2D eigenvalue weighted by Gasteiger charge is -2.20. The van der Waals surface area contributed by atoms with Gasteiger partial charge in [0.15, 0.2) is 0 Å². The van der Waals surface area contributed by atoms with E-state index < -0.39 is 9.05 Å². The molecule has 0 aliphatic rings. The summed E-state index contributed by atoms with van der Waals surface area (Å²) in [5.41, 5.74) is 1.90. The second kappa shape index (κ2) is 6.79. The van der Waals surface area contributed by atoms with E-state index in [4.69, 9.17) is 10.7 Å². The van der Waals surface area contributed by atoms with Gasteiger partial charge in [-0.05, 0) is 49.4 Å². The highest BCUT2D eigenvalue weighted by Gasteiger charge is 2.20. The van der Waals surface area contributed by atoms with Crippen LogP contribution in [0.4, 0.5) is 0 Å². The molecule has 0 aliphatic carbocycles. The van der Waals surface area contributed by atoms with Crippen LogP contribution in [0.15, 0.2) is 17.0 Å². The minimum atomic E-state index is -3.85. The van der Waals surface area contributed by atoms with E-state index >= 15 is 0 Å². The van der Waals surface area contributed by atoms with Crippen molar-refractivity contribution in [3.63, 3.8) is 0 Å². The highest BCUT2D eigenvalue weighted by atomic mass is 35.7. The fraction of sp³-hybridized carbons (Fsp3) is 0.533. The van der Waals surface area contributed by atoms with Gasteiger partial charge in [-0.15, -0.1) is 0 Å². The van der Waals surface area contributed by atoms with Gasteiger partial charge in [-0.1, -0.05) is 13.8 Å². The molecular formula is C15H22ClNO3S. The first-order valence-electron chi connectivity index (χ1n) is 6.85. The summed E-state index contributed by atoms with van der Waals surface area (Å²) < 4.78 is 23.0. The zero-order valence-corrected chi connectivity index (χ0v) is 14.7. The standard InChI is InChI=1S/C15H22ClNO3S/c1-10(2)6-7-17(5)15(18)14-9-13(21(16,19)20)8-11(3)12(14)4/h8-10H,6-7H2,1-5H3. The average molecular weight is 332 g/mol. The molecule has 1 amide bonds. The molecule has 6 heteroatoms. The molecule has 0 fully saturated rings. The molecule has 0 N–H and O–H groups in total. The van der Waals surface area contributed by atoms with E-state index in [2.05, 4.69) is 13.8 Å². The van der Waals surface area contributed by atoms with Gasteiger partial charge in [0.25, 0.3) is 15.0 Å². The quantitative estimate of drug-likeness (QED) is 0.777. The maximum absolute atomic E-state index is 12.5. The van der Waals surface area contributed by atoms with Crippen molar-refractivity contribution in [1.29, 1.82) is 0 Å². The molecule has 0 radical (unpaired) electrons. The van der Waals surface area contributed by atoms with Crippen molar-refractivity contribution in [3.8, 4) is 0 Å². The number of rotatable bonds is 5. The zero-order valence-electron chi connectivity index (χ0n) is 13.1. The van der Waals surface area contributed by atoms with Gasteiger partial charge in [0.2, 0.25) is 0 Å². The van der Waals surface area contributed by atoms with Crippen LogP contribution in [0, 0.1) is 19.8 Å². The van der Waals surface area contributed by atoms with E-state index in [1.807, 2.05) is 6.92 Å². The Hall–Kier alpha value is -1.07. The minimum Gasteiger partial charge on any atom is -0.342 e. The lowest BCUT2D eigenvalue weighted by atomic mass is 10.0. The number of aryl methyl sites for hydroxylation is 1. The Balaban J connectivity index is 3.17. The Kier molecular flexibility index (Phi) is 5.82. The van der Waals surface area contributed by atoms with E-state index in [1.54, 1.807) is 18.9 Å². The lowest BCUT2D eigenvalue weighted by Crippen LogP contribution is -2.29. The largest absolute Gasteiger partial charge is 0.342 e. The van der Waals surface area contributed by atoms with Gasteiger partial charge in [-0.25, -0.2) is 8.42 Å². The van der Waals surface area contributed by atoms with Crippen LogP contribution in [0.5, 0.6) is 0 Å². The molecule has 0 spiro atoms. The minimum absolute atomic E-state index is 0.0344. The smallest absolute Gasteiger partial charge is 0.261 e.